The van der Waals surface area contributed by atoms with Crippen LogP contribution in [0.3, 0.4) is 0 Å². The molecule has 1 aromatic carbocycles. The van der Waals surface area contributed by atoms with E-state index in [1.54, 1.807) is 12.1 Å². The van der Waals surface area contributed by atoms with E-state index in [0.717, 1.165) is 5.56 Å². The molecule has 20 heavy (non-hydrogen) atoms. The largest absolute Gasteiger partial charge is 0.382 e. The Morgan fingerprint density at radius 1 is 1.25 bits per heavy atom. The van der Waals surface area contributed by atoms with Gasteiger partial charge in [0.2, 0.25) is 10.0 Å². The van der Waals surface area contributed by atoms with Gasteiger partial charge in [0.05, 0.1) is 4.90 Å². The van der Waals surface area contributed by atoms with Gasteiger partial charge in [0.1, 0.15) is 0 Å². The van der Waals surface area contributed by atoms with Crippen LogP contribution in [0.25, 0.3) is 0 Å². The molecular weight excluding hydrogens is 276 g/mol. The summed E-state index contributed by atoms with van der Waals surface area (Å²) in [5.41, 5.74) is 1.06. The van der Waals surface area contributed by atoms with Crippen LogP contribution in [-0.2, 0) is 14.8 Å². The first-order chi connectivity index (χ1) is 9.51. The Labute approximate surface area is 121 Å². The first-order valence-electron chi connectivity index (χ1n) is 6.86. The second-order valence-electron chi connectivity index (χ2n) is 4.53. The fourth-order valence-electron chi connectivity index (χ4n) is 1.71. The normalized spacial score (nSPS) is 13.3. The minimum atomic E-state index is -3.42. The third-order valence-corrected chi connectivity index (χ3v) is 4.56. The number of benzene rings is 1. The highest BCUT2D eigenvalue weighted by molar-refractivity contribution is 7.89. The lowest BCUT2D eigenvalue weighted by Crippen LogP contribution is -2.25. The van der Waals surface area contributed by atoms with Crippen molar-refractivity contribution >= 4 is 10.0 Å². The molecule has 2 N–H and O–H groups in total. The second-order valence-corrected chi connectivity index (χ2v) is 6.29. The van der Waals surface area contributed by atoms with Crippen LogP contribution < -0.4 is 10.0 Å². The highest BCUT2D eigenvalue weighted by atomic mass is 32.2. The monoisotopic (exact) mass is 300 g/mol. The predicted molar refractivity (Wildman–Crippen MR) is 80.2 cm³/mol. The summed E-state index contributed by atoms with van der Waals surface area (Å²) in [6.07, 6.45) is 0.669. The summed E-state index contributed by atoms with van der Waals surface area (Å²) in [4.78, 5) is 0.293. The maximum Gasteiger partial charge on any atom is 0.240 e. The minimum Gasteiger partial charge on any atom is -0.382 e. The van der Waals surface area contributed by atoms with Gasteiger partial charge in [0, 0.05) is 25.8 Å². The van der Waals surface area contributed by atoms with Crippen LogP contribution in [0.15, 0.2) is 29.2 Å². The lowest BCUT2D eigenvalue weighted by atomic mass is 10.1. The molecule has 0 aliphatic rings. The Kier molecular flexibility index (Phi) is 7.15. The van der Waals surface area contributed by atoms with Gasteiger partial charge in [-0.2, -0.15) is 0 Å². The van der Waals surface area contributed by atoms with Crippen molar-refractivity contribution < 1.29 is 13.2 Å². The quantitative estimate of drug-likeness (QED) is 0.681. The van der Waals surface area contributed by atoms with Crippen LogP contribution >= 0.6 is 0 Å². The Balaban J connectivity index is 2.59. The Morgan fingerprint density at radius 3 is 2.45 bits per heavy atom. The summed E-state index contributed by atoms with van der Waals surface area (Å²) in [6, 6.07) is 7.12. The van der Waals surface area contributed by atoms with E-state index in [-0.39, 0.29) is 6.04 Å². The fourth-order valence-corrected chi connectivity index (χ4v) is 2.78. The number of nitrogens with one attached hydrogen (secondary N) is 2. The van der Waals surface area contributed by atoms with Crippen LogP contribution in [0.1, 0.15) is 31.9 Å². The SMILES string of the molecule is CCOCCCNS(=O)(=O)c1ccc(C(C)NC)cc1. The summed E-state index contributed by atoms with van der Waals surface area (Å²) < 4.78 is 31.8. The van der Waals surface area contributed by atoms with Gasteiger partial charge in [-0.3, -0.25) is 0 Å². The van der Waals surface area contributed by atoms with Crippen molar-refractivity contribution in [3.8, 4) is 0 Å². The third kappa shape index (κ3) is 5.20. The van der Waals surface area contributed by atoms with Crippen LogP contribution in [0, 0.1) is 0 Å². The van der Waals surface area contributed by atoms with Gasteiger partial charge in [-0.05, 0) is 45.0 Å². The van der Waals surface area contributed by atoms with Crippen LogP contribution in [-0.4, -0.2) is 35.2 Å². The zero-order valence-corrected chi connectivity index (χ0v) is 13.2. The first-order valence-corrected chi connectivity index (χ1v) is 8.34. The van der Waals surface area contributed by atoms with Crippen molar-refractivity contribution in [2.24, 2.45) is 0 Å². The number of ether oxygens (including phenoxy) is 1. The molecule has 0 heterocycles. The lowest BCUT2D eigenvalue weighted by molar-refractivity contribution is 0.146. The van der Waals surface area contributed by atoms with E-state index < -0.39 is 10.0 Å². The summed E-state index contributed by atoms with van der Waals surface area (Å²) >= 11 is 0. The second kappa shape index (κ2) is 8.36. The van der Waals surface area contributed by atoms with Gasteiger partial charge in [-0.1, -0.05) is 12.1 Å². The average Bonchev–Trinajstić information content (AvgIpc) is 2.46. The molecule has 1 aromatic rings. The van der Waals surface area contributed by atoms with Gasteiger partial charge >= 0.3 is 0 Å². The molecule has 114 valence electrons. The number of rotatable bonds is 9. The zero-order chi connectivity index (χ0) is 15.0. The molecule has 5 nitrogen and oxygen atoms in total. The van der Waals surface area contributed by atoms with Crippen LogP contribution in [0.2, 0.25) is 0 Å². The molecule has 1 atom stereocenters. The molecule has 1 unspecified atom stereocenters. The van der Waals surface area contributed by atoms with E-state index in [0.29, 0.717) is 31.1 Å². The molecule has 0 saturated carbocycles. The highest BCUT2D eigenvalue weighted by Crippen LogP contribution is 2.15. The number of hydrogen-bond acceptors (Lipinski definition) is 4. The molecule has 0 saturated heterocycles. The summed E-state index contributed by atoms with van der Waals surface area (Å²) in [5.74, 6) is 0. The van der Waals surface area contributed by atoms with Gasteiger partial charge in [0.25, 0.3) is 0 Å². The van der Waals surface area contributed by atoms with Crippen molar-refractivity contribution in [3.63, 3.8) is 0 Å². The van der Waals surface area contributed by atoms with E-state index in [1.807, 2.05) is 33.0 Å². The summed E-state index contributed by atoms with van der Waals surface area (Å²) in [7, 11) is -1.55. The maximum absolute atomic E-state index is 12.0. The molecule has 0 radical (unpaired) electrons. The van der Waals surface area contributed by atoms with Gasteiger partial charge in [-0.25, -0.2) is 13.1 Å². The third-order valence-electron chi connectivity index (χ3n) is 3.09. The number of hydrogen-bond donors (Lipinski definition) is 2. The van der Waals surface area contributed by atoms with E-state index in [9.17, 15) is 8.42 Å². The summed E-state index contributed by atoms with van der Waals surface area (Å²) in [5, 5.41) is 3.11. The standard InChI is InChI=1S/C14H24N2O3S/c1-4-19-11-5-10-16-20(17,18)14-8-6-13(7-9-14)12(2)15-3/h6-9,12,15-16H,4-5,10-11H2,1-3H3. The van der Waals surface area contributed by atoms with Crippen molar-refractivity contribution in [1.29, 1.82) is 0 Å². The molecule has 0 spiro atoms. The molecule has 0 aliphatic carbocycles. The van der Waals surface area contributed by atoms with E-state index >= 15 is 0 Å². The molecule has 0 aliphatic heterocycles. The summed E-state index contributed by atoms with van der Waals surface area (Å²) in [6.45, 7) is 5.54. The molecule has 0 bridgehead atoms. The highest BCUT2D eigenvalue weighted by Gasteiger charge is 2.13. The Morgan fingerprint density at radius 2 is 1.90 bits per heavy atom. The van der Waals surface area contributed by atoms with E-state index in [4.69, 9.17) is 4.74 Å². The zero-order valence-electron chi connectivity index (χ0n) is 12.3. The van der Waals surface area contributed by atoms with Gasteiger partial charge in [0.15, 0.2) is 0 Å². The predicted octanol–water partition coefficient (Wildman–Crippen LogP) is 1.67. The molecule has 0 aromatic heterocycles. The average molecular weight is 300 g/mol. The topological polar surface area (TPSA) is 67.4 Å². The maximum atomic E-state index is 12.0. The smallest absolute Gasteiger partial charge is 0.240 e. The van der Waals surface area contributed by atoms with Crippen LogP contribution in [0.4, 0.5) is 0 Å². The van der Waals surface area contributed by atoms with E-state index in [2.05, 4.69) is 10.0 Å². The first kappa shape index (κ1) is 17.1. The van der Waals surface area contributed by atoms with Crippen molar-refractivity contribution in [3.05, 3.63) is 29.8 Å². The van der Waals surface area contributed by atoms with Crippen molar-refractivity contribution in [1.82, 2.24) is 10.0 Å². The lowest BCUT2D eigenvalue weighted by Gasteiger charge is -2.11. The molecule has 1 rings (SSSR count). The van der Waals surface area contributed by atoms with Crippen LogP contribution in [0.5, 0.6) is 0 Å². The number of sulfonamides is 1. The van der Waals surface area contributed by atoms with Gasteiger partial charge < -0.3 is 10.1 Å². The fraction of sp³-hybridized carbons (Fsp3) is 0.571. The Hall–Kier alpha value is -0.950. The molecule has 6 heteroatoms. The Bertz CT molecular complexity index is 486. The minimum absolute atomic E-state index is 0.200. The van der Waals surface area contributed by atoms with Gasteiger partial charge in [-0.15, -0.1) is 0 Å². The molecular formula is C14H24N2O3S. The molecule has 0 fully saturated rings. The van der Waals surface area contributed by atoms with Crippen molar-refractivity contribution in [2.45, 2.75) is 31.2 Å². The van der Waals surface area contributed by atoms with Crippen molar-refractivity contribution in [2.75, 3.05) is 26.8 Å². The molecule has 0 amide bonds. The van der Waals surface area contributed by atoms with E-state index in [1.165, 1.54) is 0 Å².